The third-order valence-corrected chi connectivity index (χ3v) is 10.5. The predicted octanol–water partition coefficient (Wildman–Crippen LogP) is 3.83. The van der Waals surface area contributed by atoms with E-state index in [-0.39, 0.29) is 30.2 Å². The van der Waals surface area contributed by atoms with E-state index >= 15 is 0 Å². The molecule has 15 heteroatoms. The van der Waals surface area contributed by atoms with Crippen LogP contribution >= 0.6 is 24.2 Å². The Bertz CT molecular complexity index is 1540. The highest BCUT2D eigenvalue weighted by Crippen LogP contribution is 2.49. The lowest BCUT2D eigenvalue weighted by Gasteiger charge is -2.42. The lowest BCUT2D eigenvalue weighted by atomic mass is 9.83. The minimum atomic E-state index is -1.82. The number of hydrogen-bond acceptors (Lipinski definition) is 11. The summed E-state index contributed by atoms with van der Waals surface area (Å²) in [5.41, 5.74) is -0.903. The molecule has 3 aliphatic rings. The van der Waals surface area contributed by atoms with Crippen molar-refractivity contribution in [1.29, 1.82) is 0 Å². The number of halogens is 1. The topological polar surface area (TPSA) is 156 Å². The summed E-state index contributed by atoms with van der Waals surface area (Å²) < 4.78 is 29.0. The van der Waals surface area contributed by atoms with Crippen LogP contribution < -0.4 is 15.0 Å². The van der Waals surface area contributed by atoms with Gasteiger partial charge in [0.05, 0.1) is 25.3 Å². The molecule has 4 bridgehead atoms. The van der Waals surface area contributed by atoms with E-state index in [1.165, 1.54) is 38.0 Å². The zero-order valence-electron chi connectivity index (χ0n) is 29.7. The molecule has 2 fully saturated rings. The van der Waals surface area contributed by atoms with Gasteiger partial charge >= 0.3 is 12.1 Å². The number of esters is 1. The number of anilines is 1. The average molecular weight is 738 g/mol. The second-order valence-electron chi connectivity index (χ2n) is 13.4. The summed E-state index contributed by atoms with van der Waals surface area (Å²) in [7, 11) is 5.98. The molecule has 3 heterocycles. The quantitative estimate of drug-likeness (QED) is 0.214. The Morgan fingerprint density at radius 3 is 2.62 bits per heavy atom. The largest absolute Gasteiger partial charge is 0.495 e. The van der Waals surface area contributed by atoms with Gasteiger partial charge in [-0.15, -0.1) is 0 Å². The van der Waals surface area contributed by atoms with E-state index in [2.05, 4.69) is 17.9 Å². The van der Waals surface area contributed by atoms with Gasteiger partial charge < -0.3 is 38.6 Å². The number of alkyl carbamates (subject to hydrolysis) is 1. The van der Waals surface area contributed by atoms with Gasteiger partial charge in [-0.1, -0.05) is 42.3 Å². The SMILES string of the molecule is COc1cc2cc(c1Cl)N(C)C(=O)C[C@H](OC(=O)[C@H](C)N(C)C(=O)CCS)C1(C)O[C@H]1[C@H](C)[C@@H]1CC(O)(NC(=O)O1)[C@H](OC)/C=C/C=C(/C)C2. The summed E-state index contributed by atoms with van der Waals surface area (Å²) in [4.78, 5) is 55.6. The number of carbonyl (C=O) groups is 4. The molecule has 0 aromatic heterocycles. The summed E-state index contributed by atoms with van der Waals surface area (Å²) in [6.45, 7) is 6.96. The van der Waals surface area contributed by atoms with Crippen molar-refractivity contribution in [3.63, 3.8) is 0 Å². The molecule has 4 rings (SSSR count). The van der Waals surface area contributed by atoms with Gasteiger partial charge in [0.1, 0.15) is 40.7 Å². The second-order valence-corrected chi connectivity index (χ2v) is 14.2. The number of rotatable bonds is 7. The zero-order chi connectivity index (χ0) is 37.1. The molecule has 0 spiro atoms. The van der Waals surface area contributed by atoms with E-state index in [0.717, 1.165) is 11.1 Å². The predicted molar refractivity (Wildman–Crippen MR) is 189 cm³/mol. The summed E-state index contributed by atoms with van der Waals surface area (Å²) in [5, 5.41) is 14.4. The molecule has 2 unspecified atom stereocenters. The number of nitrogens with zero attached hydrogens (tertiary/aromatic N) is 2. The highest BCUT2D eigenvalue weighted by Gasteiger charge is 2.64. The molecule has 0 radical (unpaired) electrons. The van der Waals surface area contributed by atoms with Crippen molar-refractivity contribution < 1.29 is 48.0 Å². The number of carbonyl (C=O) groups excluding carboxylic acids is 4. The normalized spacial score (nSPS) is 32.3. The van der Waals surface area contributed by atoms with Gasteiger partial charge in [-0.05, 0) is 50.6 Å². The number of allylic oxidation sites excluding steroid dienone is 3. The van der Waals surface area contributed by atoms with E-state index in [1.807, 2.05) is 13.0 Å². The van der Waals surface area contributed by atoms with Gasteiger partial charge in [0.25, 0.3) is 0 Å². The molecule has 3 amide bonds. The van der Waals surface area contributed by atoms with Gasteiger partial charge in [0.2, 0.25) is 11.8 Å². The van der Waals surface area contributed by atoms with E-state index < -0.39 is 65.7 Å². The Morgan fingerprint density at radius 1 is 1.28 bits per heavy atom. The fourth-order valence-corrected chi connectivity index (χ4v) is 6.99. The van der Waals surface area contributed by atoms with E-state index in [0.29, 0.717) is 23.6 Å². The standard InChI is InChI=1S/C35H48ClN3O10S/c1-19-10-9-11-26(46-8)35(44)18-25(47-33(43)37-35)20(2)31-34(4,49-31)27(48-32(42)21(3)38(5)28(40)12-13-50)17-29(41)39(6)23-15-22(14-19)16-24(45-7)30(23)36/h9-11,15-16,20-21,25-27,31,44,50H,12-14,17-18H2,1-8H3,(H,37,43)/b11-9+,19-10-/t20-,21+,25+,26-,27+,31+,34?,35?/m1/s1. The smallest absolute Gasteiger partial charge is 0.409 e. The lowest BCUT2D eigenvalue weighted by molar-refractivity contribution is -0.161. The Balaban J connectivity index is 1.78. The van der Waals surface area contributed by atoms with Crippen LogP contribution in [0, 0.1) is 5.92 Å². The first-order valence-corrected chi connectivity index (χ1v) is 17.5. The molecule has 3 aliphatic heterocycles. The van der Waals surface area contributed by atoms with E-state index in [9.17, 15) is 24.3 Å². The van der Waals surface area contributed by atoms with Crippen LogP contribution in [0.3, 0.4) is 0 Å². The van der Waals surface area contributed by atoms with Crippen LogP contribution in [-0.4, -0.2) is 110 Å². The Morgan fingerprint density at radius 2 is 1.98 bits per heavy atom. The van der Waals surface area contributed by atoms with Gasteiger partial charge in [-0.3, -0.25) is 14.9 Å². The maximum Gasteiger partial charge on any atom is 0.409 e. The molecular formula is C35H48ClN3O10S. The van der Waals surface area contributed by atoms with E-state index in [1.54, 1.807) is 45.2 Å². The minimum absolute atomic E-state index is 0.0489. The third kappa shape index (κ3) is 8.42. The first-order valence-electron chi connectivity index (χ1n) is 16.4. The maximum absolute atomic E-state index is 14.0. The highest BCUT2D eigenvalue weighted by atomic mass is 35.5. The number of aliphatic hydroxyl groups is 1. The van der Waals surface area contributed by atoms with Gasteiger partial charge in [-0.2, -0.15) is 12.6 Å². The number of epoxide rings is 1. The first-order chi connectivity index (χ1) is 23.5. The van der Waals surface area contributed by atoms with Crippen LogP contribution in [0.2, 0.25) is 5.02 Å². The maximum atomic E-state index is 14.0. The molecular weight excluding hydrogens is 690 g/mol. The summed E-state index contributed by atoms with van der Waals surface area (Å²) in [6, 6.07) is 2.60. The Hall–Kier alpha value is -3.30. The Kier molecular flexibility index (Phi) is 12.6. The average Bonchev–Trinajstić information content (AvgIpc) is 3.76. The van der Waals surface area contributed by atoms with Crippen molar-refractivity contribution in [2.24, 2.45) is 5.92 Å². The third-order valence-electron chi connectivity index (χ3n) is 9.85. The van der Waals surface area contributed by atoms with Gasteiger partial charge in [0.15, 0.2) is 5.72 Å². The van der Waals surface area contributed by atoms with Crippen LogP contribution in [0.1, 0.15) is 52.5 Å². The van der Waals surface area contributed by atoms with Crippen molar-refractivity contribution in [1.82, 2.24) is 10.2 Å². The number of fused-ring (bicyclic) bond motifs is 5. The van der Waals surface area contributed by atoms with Crippen LogP contribution in [-0.2, 0) is 39.8 Å². The van der Waals surface area contributed by atoms with Crippen molar-refractivity contribution in [2.75, 3.05) is 39.0 Å². The number of methoxy groups -OCH3 is 2. The number of thiol groups is 1. The van der Waals surface area contributed by atoms with Crippen molar-refractivity contribution >= 4 is 53.8 Å². The van der Waals surface area contributed by atoms with Gasteiger partial charge in [0, 0.05) is 40.0 Å². The van der Waals surface area contributed by atoms with Crippen molar-refractivity contribution in [3.8, 4) is 5.75 Å². The molecule has 8 atom stereocenters. The van der Waals surface area contributed by atoms with Gasteiger partial charge in [-0.25, -0.2) is 9.59 Å². The molecule has 2 N–H and O–H groups in total. The lowest BCUT2D eigenvalue weighted by Crippen LogP contribution is -2.63. The molecule has 0 aliphatic carbocycles. The van der Waals surface area contributed by atoms with E-state index in [4.69, 9.17) is 35.3 Å². The fourth-order valence-electron chi connectivity index (χ4n) is 6.49. The molecule has 276 valence electrons. The molecule has 2 saturated heterocycles. The Labute approximate surface area is 303 Å². The van der Waals surface area contributed by atoms with Crippen LogP contribution in [0.4, 0.5) is 10.5 Å². The van der Waals surface area contributed by atoms with Crippen molar-refractivity contribution in [2.45, 2.75) is 95.2 Å². The molecule has 50 heavy (non-hydrogen) atoms. The monoisotopic (exact) mass is 737 g/mol. The first kappa shape index (κ1) is 39.5. The molecule has 13 nitrogen and oxygen atoms in total. The fraction of sp³-hybridized carbons (Fsp3) is 0.600. The van der Waals surface area contributed by atoms with Crippen molar-refractivity contribution in [3.05, 3.63) is 46.5 Å². The van der Waals surface area contributed by atoms with Crippen LogP contribution in [0.5, 0.6) is 5.75 Å². The zero-order valence-corrected chi connectivity index (χ0v) is 31.4. The number of hydrogen-bond donors (Lipinski definition) is 3. The number of amides is 3. The molecule has 1 aromatic carbocycles. The molecule has 0 saturated carbocycles. The number of nitrogens with one attached hydrogen (secondary N) is 1. The molecule has 1 aromatic rings. The van der Waals surface area contributed by atoms with Crippen LogP contribution in [0.25, 0.3) is 0 Å². The highest BCUT2D eigenvalue weighted by molar-refractivity contribution is 7.80. The minimum Gasteiger partial charge on any atom is -0.495 e. The number of benzene rings is 1. The number of ether oxygens (including phenoxy) is 5. The summed E-state index contributed by atoms with van der Waals surface area (Å²) in [6.07, 6.45) is 1.08. The summed E-state index contributed by atoms with van der Waals surface area (Å²) in [5.74, 6) is -1.30. The number of likely N-dealkylation sites (N-methyl/N-ethyl adjacent to an activating group) is 1. The van der Waals surface area contributed by atoms with Crippen LogP contribution in [0.15, 0.2) is 35.9 Å². The summed E-state index contributed by atoms with van der Waals surface area (Å²) >= 11 is 10.8. The second kappa shape index (κ2) is 15.9.